The summed E-state index contributed by atoms with van der Waals surface area (Å²) in [6, 6.07) is 6.60. The molecule has 0 aliphatic heterocycles. The molecule has 0 bridgehead atoms. The van der Waals surface area contributed by atoms with Crippen LogP contribution in [0, 0.1) is 6.92 Å². The van der Waals surface area contributed by atoms with Crippen LogP contribution < -0.4 is 16.0 Å². The average molecular weight is 319 g/mol. The maximum atomic E-state index is 12.2. The van der Waals surface area contributed by atoms with Gasteiger partial charge in [0.05, 0.1) is 12.5 Å². The zero-order chi connectivity index (χ0) is 17.4. The molecule has 1 rings (SSSR count). The molecule has 0 radical (unpaired) electrons. The smallest absolute Gasteiger partial charge is 0.242 e. The average Bonchev–Trinajstić information content (AvgIpc) is 2.47. The number of likely N-dealkylation sites (N-methyl/N-ethyl adjacent to an activating group) is 1. The van der Waals surface area contributed by atoms with E-state index in [0.29, 0.717) is 6.54 Å². The van der Waals surface area contributed by atoms with Gasteiger partial charge in [-0.1, -0.05) is 29.8 Å². The third-order valence-corrected chi connectivity index (χ3v) is 3.37. The number of hydrogen-bond donors (Lipinski definition) is 3. The molecule has 0 fully saturated rings. The van der Waals surface area contributed by atoms with Crippen molar-refractivity contribution in [1.29, 1.82) is 0 Å². The Morgan fingerprint density at radius 1 is 1.09 bits per heavy atom. The van der Waals surface area contributed by atoms with Crippen molar-refractivity contribution < 1.29 is 14.4 Å². The largest absolute Gasteiger partial charge is 0.355 e. The van der Waals surface area contributed by atoms with Crippen molar-refractivity contribution in [3.63, 3.8) is 0 Å². The Morgan fingerprint density at radius 2 is 1.70 bits per heavy atom. The summed E-state index contributed by atoms with van der Waals surface area (Å²) in [6.07, 6.45) is 0.0758. The van der Waals surface area contributed by atoms with Crippen LogP contribution >= 0.6 is 0 Å². The molecule has 0 saturated heterocycles. The van der Waals surface area contributed by atoms with Gasteiger partial charge in [-0.15, -0.1) is 0 Å². The lowest BCUT2D eigenvalue weighted by Gasteiger charge is -2.20. The number of carbonyl (C=O) groups excluding carboxylic acids is 3. The van der Waals surface area contributed by atoms with E-state index in [-0.39, 0.29) is 24.1 Å². The minimum absolute atomic E-state index is 0.0758. The Bertz CT molecular complexity index is 555. The summed E-state index contributed by atoms with van der Waals surface area (Å²) in [4.78, 5) is 35.2. The van der Waals surface area contributed by atoms with Gasteiger partial charge >= 0.3 is 0 Å². The summed E-state index contributed by atoms with van der Waals surface area (Å²) in [5.74, 6) is -0.726. The van der Waals surface area contributed by atoms with Crippen molar-refractivity contribution in [2.45, 2.75) is 46.2 Å². The van der Waals surface area contributed by atoms with Gasteiger partial charge in [0, 0.05) is 13.5 Å². The van der Waals surface area contributed by atoms with Crippen molar-refractivity contribution in [2.24, 2.45) is 0 Å². The number of benzene rings is 1. The fourth-order valence-corrected chi connectivity index (χ4v) is 2.18. The molecular formula is C17H25N3O3. The highest BCUT2D eigenvalue weighted by atomic mass is 16.2. The molecule has 3 N–H and O–H groups in total. The van der Waals surface area contributed by atoms with E-state index in [9.17, 15) is 14.4 Å². The van der Waals surface area contributed by atoms with E-state index in [1.54, 1.807) is 6.92 Å². The van der Waals surface area contributed by atoms with Crippen LogP contribution in [0.25, 0.3) is 0 Å². The van der Waals surface area contributed by atoms with Crippen LogP contribution in [-0.2, 0) is 14.4 Å². The van der Waals surface area contributed by atoms with Gasteiger partial charge in [0.2, 0.25) is 17.7 Å². The molecule has 6 nitrogen and oxygen atoms in total. The fourth-order valence-electron chi connectivity index (χ4n) is 2.18. The molecule has 1 aromatic carbocycles. The number of hydrogen-bond acceptors (Lipinski definition) is 3. The highest BCUT2D eigenvalue weighted by molar-refractivity contribution is 5.87. The normalized spacial score (nSPS) is 12.9. The zero-order valence-electron chi connectivity index (χ0n) is 14.1. The van der Waals surface area contributed by atoms with E-state index >= 15 is 0 Å². The highest BCUT2D eigenvalue weighted by Crippen LogP contribution is 2.17. The molecule has 2 atom stereocenters. The number of nitrogens with one attached hydrogen (secondary N) is 3. The molecule has 3 amide bonds. The van der Waals surface area contributed by atoms with Crippen molar-refractivity contribution in [1.82, 2.24) is 16.0 Å². The van der Waals surface area contributed by atoms with Gasteiger partial charge in [0.25, 0.3) is 0 Å². The summed E-state index contributed by atoms with van der Waals surface area (Å²) >= 11 is 0. The number of carbonyl (C=O) groups is 3. The van der Waals surface area contributed by atoms with Gasteiger partial charge in [0.1, 0.15) is 6.04 Å². The Morgan fingerprint density at radius 3 is 2.22 bits per heavy atom. The van der Waals surface area contributed by atoms with Gasteiger partial charge in [-0.3, -0.25) is 14.4 Å². The number of rotatable bonds is 7. The van der Waals surface area contributed by atoms with Crippen LogP contribution in [0.2, 0.25) is 0 Å². The quantitative estimate of drug-likeness (QED) is 0.706. The molecule has 0 heterocycles. The summed E-state index contributed by atoms with van der Waals surface area (Å²) in [5.41, 5.74) is 1.95. The van der Waals surface area contributed by atoms with Crippen molar-refractivity contribution in [2.75, 3.05) is 6.54 Å². The Balaban J connectivity index is 2.73. The lowest BCUT2D eigenvalue weighted by atomic mass is 10.0. The molecule has 6 heteroatoms. The molecule has 1 aromatic rings. The monoisotopic (exact) mass is 319 g/mol. The molecule has 0 saturated carbocycles. The van der Waals surface area contributed by atoms with Crippen LogP contribution in [0.3, 0.4) is 0 Å². The van der Waals surface area contributed by atoms with E-state index in [4.69, 9.17) is 0 Å². The third-order valence-electron chi connectivity index (χ3n) is 3.37. The standard InChI is InChI=1S/C17H25N3O3/c1-5-18-17(23)12(3)19-16(22)10-15(20-13(4)21)14-8-6-11(2)7-9-14/h6-9,12,15H,5,10H2,1-4H3,(H,18,23)(H,19,22)(H,20,21)/t12-,15+/m0/s1. The third kappa shape index (κ3) is 6.50. The highest BCUT2D eigenvalue weighted by Gasteiger charge is 2.20. The Labute approximate surface area is 137 Å². The predicted octanol–water partition coefficient (Wildman–Crippen LogP) is 1.20. The molecule has 0 spiro atoms. The first-order valence-corrected chi connectivity index (χ1v) is 7.74. The summed E-state index contributed by atoms with van der Waals surface area (Å²) in [6.45, 7) is 7.34. The second-order valence-electron chi connectivity index (χ2n) is 5.55. The van der Waals surface area contributed by atoms with Crippen LogP contribution in [0.5, 0.6) is 0 Å². The lowest BCUT2D eigenvalue weighted by Crippen LogP contribution is -2.45. The summed E-state index contributed by atoms with van der Waals surface area (Å²) < 4.78 is 0. The molecule has 0 aromatic heterocycles. The minimum atomic E-state index is -0.613. The van der Waals surface area contributed by atoms with E-state index in [2.05, 4.69) is 16.0 Å². The lowest BCUT2D eigenvalue weighted by molar-refractivity contribution is -0.129. The van der Waals surface area contributed by atoms with Gasteiger partial charge in [-0.25, -0.2) is 0 Å². The molecule has 23 heavy (non-hydrogen) atoms. The molecule has 0 unspecified atom stereocenters. The van der Waals surface area contributed by atoms with E-state index in [1.807, 2.05) is 38.1 Å². The van der Waals surface area contributed by atoms with Gasteiger partial charge in [0.15, 0.2) is 0 Å². The molecular weight excluding hydrogens is 294 g/mol. The van der Waals surface area contributed by atoms with Gasteiger partial charge < -0.3 is 16.0 Å². The van der Waals surface area contributed by atoms with Crippen molar-refractivity contribution in [3.8, 4) is 0 Å². The Kier molecular flexibility index (Phi) is 7.25. The van der Waals surface area contributed by atoms with Crippen LogP contribution in [0.15, 0.2) is 24.3 Å². The van der Waals surface area contributed by atoms with Gasteiger partial charge in [-0.2, -0.15) is 0 Å². The minimum Gasteiger partial charge on any atom is -0.355 e. The molecule has 0 aliphatic rings. The summed E-state index contributed by atoms with van der Waals surface area (Å²) in [5, 5.41) is 8.07. The second kappa shape index (κ2) is 8.92. The van der Waals surface area contributed by atoms with Crippen LogP contribution in [0.4, 0.5) is 0 Å². The topological polar surface area (TPSA) is 87.3 Å². The first-order chi connectivity index (χ1) is 10.8. The number of aryl methyl sites for hydroxylation is 1. The van der Waals surface area contributed by atoms with E-state index < -0.39 is 12.1 Å². The van der Waals surface area contributed by atoms with Crippen molar-refractivity contribution >= 4 is 17.7 Å². The first-order valence-electron chi connectivity index (χ1n) is 7.74. The Hall–Kier alpha value is -2.37. The molecule has 126 valence electrons. The first kappa shape index (κ1) is 18.7. The number of amides is 3. The second-order valence-corrected chi connectivity index (χ2v) is 5.55. The predicted molar refractivity (Wildman–Crippen MR) is 88.6 cm³/mol. The zero-order valence-corrected chi connectivity index (χ0v) is 14.1. The summed E-state index contributed by atoms with van der Waals surface area (Å²) in [7, 11) is 0. The SMILES string of the molecule is CCNC(=O)[C@H](C)NC(=O)C[C@@H](NC(C)=O)c1ccc(C)cc1. The van der Waals surface area contributed by atoms with Crippen LogP contribution in [0.1, 0.15) is 44.4 Å². The fraction of sp³-hybridized carbons (Fsp3) is 0.471. The van der Waals surface area contributed by atoms with Gasteiger partial charge in [-0.05, 0) is 26.3 Å². The van der Waals surface area contributed by atoms with Crippen molar-refractivity contribution in [3.05, 3.63) is 35.4 Å². The van der Waals surface area contributed by atoms with Crippen LogP contribution in [-0.4, -0.2) is 30.3 Å². The maximum absolute atomic E-state index is 12.2. The maximum Gasteiger partial charge on any atom is 0.242 e. The molecule has 0 aliphatic carbocycles. The van der Waals surface area contributed by atoms with E-state index in [1.165, 1.54) is 6.92 Å². The van der Waals surface area contributed by atoms with E-state index in [0.717, 1.165) is 11.1 Å².